The Morgan fingerprint density at radius 2 is 1.63 bits per heavy atom. The van der Waals surface area contributed by atoms with Crippen molar-refractivity contribution in [3.05, 3.63) is 65.2 Å². The number of benzene rings is 2. The third-order valence-corrected chi connectivity index (χ3v) is 5.60. The van der Waals surface area contributed by atoms with Gasteiger partial charge in [-0.2, -0.15) is 0 Å². The van der Waals surface area contributed by atoms with Crippen molar-refractivity contribution in [2.45, 2.75) is 38.5 Å². The lowest BCUT2D eigenvalue weighted by Crippen LogP contribution is -2.45. The van der Waals surface area contributed by atoms with Crippen LogP contribution in [0.3, 0.4) is 0 Å². The van der Waals surface area contributed by atoms with Crippen LogP contribution in [0.2, 0.25) is 0 Å². The highest BCUT2D eigenvalue weighted by molar-refractivity contribution is 7.19. The Kier molecular flexibility index (Phi) is 7.03. The van der Waals surface area contributed by atoms with E-state index in [0.29, 0.717) is 13.0 Å². The Morgan fingerprint density at radius 3 is 2.22 bits per heavy atom. The van der Waals surface area contributed by atoms with Gasteiger partial charge in [0.25, 0.3) is 0 Å². The fourth-order valence-corrected chi connectivity index (χ4v) is 2.36. The summed E-state index contributed by atoms with van der Waals surface area (Å²) in [5, 5.41) is -0.0130. The van der Waals surface area contributed by atoms with Crippen LogP contribution in [0.25, 0.3) is 12.2 Å². The van der Waals surface area contributed by atoms with E-state index in [1.165, 1.54) is 7.11 Å². The largest absolute Gasteiger partial charge is 0.465 e. The average Bonchev–Trinajstić information content (AvgIpc) is 2.64. The van der Waals surface area contributed by atoms with Crippen LogP contribution in [0.1, 0.15) is 49.2 Å². The van der Waals surface area contributed by atoms with Gasteiger partial charge in [0.15, 0.2) is 0 Å². The molecule has 0 fully saturated rings. The molecule has 0 radical (unpaired) electrons. The SMILES string of the molecule is COC(=O)c1ccc(/C=C/c2cccc(BOC(C)(C)C(C)(C)P)c2)cc1. The van der Waals surface area contributed by atoms with Crippen molar-refractivity contribution in [2.24, 2.45) is 0 Å². The predicted molar refractivity (Wildman–Crippen MR) is 119 cm³/mol. The van der Waals surface area contributed by atoms with Crippen LogP contribution in [-0.2, 0) is 9.39 Å². The number of carbonyl (C=O) groups is 1. The zero-order valence-electron chi connectivity index (χ0n) is 16.8. The minimum Gasteiger partial charge on any atom is -0.465 e. The molecule has 2 rings (SSSR count). The fourth-order valence-electron chi connectivity index (χ4n) is 2.28. The van der Waals surface area contributed by atoms with Gasteiger partial charge in [0, 0.05) is 5.16 Å². The molecule has 0 aliphatic rings. The predicted octanol–water partition coefficient (Wildman–Crippen LogP) is 4.07. The standard InChI is InChI=1S/C22H28BO3P/c1-21(2,22(3,4)27)26-23-19-8-6-7-17(15-19)10-9-16-11-13-18(14-12-16)20(24)25-5/h6-15,23H,27H2,1-5H3/b10-9+. The molecule has 142 valence electrons. The smallest absolute Gasteiger partial charge is 0.337 e. The third kappa shape index (κ3) is 6.05. The third-order valence-electron chi connectivity index (χ3n) is 4.90. The van der Waals surface area contributed by atoms with Crippen molar-refractivity contribution in [1.82, 2.24) is 0 Å². The van der Waals surface area contributed by atoms with Gasteiger partial charge in [-0.3, -0.25) is 0 Å². The van der Waals surface area contributed by atoms with Gasteiger partial charge < -0.3 is 9.39 Å². The Bertz CT molecular complexity index is 805. The maximum absolute atomic E-state index is 11.5. The van der Waals surface area contributed by atoms with E-state index < -0.39 is 0 Å². The lowest BCUT2D eigenvalue weighted by molar-refractivity contribution is 0.0600. The summed E-state index contributed by atoms with van der Waals surface area (Å²) in [6.45, 7) is 8.54. The normalized spacial score (nSPS) is 12.2. The second-order valence-electron chi connectivity index (χ2n) is 7.71. The molecule has 2 aromatic carbocycles. The molecular weight excluding hydrogens is 354 g/mol. The number of ether oxygens (including phenoxy) is 1. The number of methoxy groups -OCH3 is 1. The maximum Gasteiger partial charge on any atom is 0.337 e. The number of esters is 1. The molecule has 0 aliphatic carbocycles. The minimum absolute atomic E-state index is 0.0130. The summed E-state index contributed by atoms with van der Waals surface area (Å²) >= 11 is 0. The van der Waals surface area contributed by atoms with E-state index >= 15 is 0 Å². The van der Waals surface area contributed by atoms with E-state index in [-0.39, 0.29) is 16.7 Å². The van der Waals surface area contributed by atoms with Gasteiger partial charge in [-0.15, -0.1) is 9.24 Å². The van der Waals surface area contributed by atoms with E-state index in [0.717, 1.165) is 16.6 Å². The summed E-state index contributed by atoms with van der Waals surface area (Å²) in [6, 6.07) is 15.6. The summed E-state index contributed by atoms with van der Waals surface area (Å²) in [5.74, 6) is -0.324. The highest BCUT2D eigenvalue weighted by atomic mass is 31.0. The molecule has 0 saturated carbocycles. The van der Waals surface area contributed by atoms with Crippen LogP contribution in [0, 0.1) is 0 Å². The lowest BCUT2D eigenvalue weighted by atomic mass is 9.83. The van der Waals surface area contributed by atoms with Crippen LogP contribution < -0.4 is 5.46 Å². The van der Waals surface area contributed by atoms with Crippen molar-refractivity contribution in [3.8, 4) is 0 Å². The molecule has 0 heterocycles. The van der Waals surface area contributed by atoms with E-state index in [2.05, 4.69) is 61.2 Å². The Morgan fingerprint density at radius 1 is 1.00 bits per heavy atom. The molecule has 0 saturated heterocycles. The summed E-state index contributed by atoms with van der Waals surface area (Å²) in [4.78, 5) is 11.5. The van der Waals surface area contributed by atoms with Crippen LogP contribution in [-0.4, -0.2) is 31.3 Å². The number of hydrogen-bond donors (Lipinski definition) is 0. The molecule has 3 nitrogen and oxygen atoms in total. The Hall–Kier alpha value is -1.90. The molecule has 27 heavy (non-hydrogen) atoms. The molecule has 0 aromatic heterocycles. The highest BCUT2D eigenvalue weighted by Gasteiger charge is 2.33. The first-order valence-electron chi connectivity index (χ1n) is 9.00. The van der Waals surface area contributed by atoms with Gasteiger partial charge in [0.2, 0.25) is 0 Å². The molecule has 2 aromatic rings. The van der Waals surface area contributed by atoms with Gasteiger partial charge in [0.1, 0.15) is 0 Å². The summed E-state index contributed by atoms with van der Waals surface area (Å²) in [6.07, 6.45) is 4.08. The van der Waals surface area contributed by atoms with Crippen molar-refractivity contribution in [1.29, 1.82) is 0 Å². The van der Waals surface area contributed by atoms with Crippen molar-refractivity contribution >= 4 is 40.3 Å². The van der Waals surface area contributed by atoms with E-state index in [4.69, 9.17) is 9.39 Å². The van der Waals surface area contributed by atoms with E-state index in [1.807, 2.05) is 24.3 Å². The van der Waals surface area contributed by atoms with E-state index in [1.54, 1.807) is 12.1 Å². The van der Waals surface area contributed by atoms with Gasteiger partial charge in [0.05, 0.1) is 18.3 Å². The molecule has 0 amide bonds. The topological polar surface area (TPSA) is 35.5 Å². The second kappa shape index (κ2) is 8.86. The quantitative estimate of drug-likeness (QED) is 0.314. The molecule has 1 unspecified atom stereocenters. The second-order valence-corrected chi connectivity index (χ2v) is 9.16. The first kappa shape index (κ1) is 21.4. The molecule has 0 aliphatic heterocycles. The Labute approximate surface area is 165 Å². The molecule has 0 N–H and O–H groups in total. The first-order chi connectivity index (χ1) is 12.6. The summed E-state index contributed by atoms with van der Waals surface area (Å²) in [7, 11) is 4.81. The van der Waals surface area contributed by atoms with Crippen LogP contribution >= 0.6 is 9.24 Å². The van der Waals surface area contributed by atoms with Gasteiger partial charge >= 0.3 is 13.5 Å². The van der Waals surface area contributed by atoms with Crippen LogP contribution in [0.15, 0.2) is 48.5 Å². The summed E-state index contributed by atoms with van der Waals surface area (Å²) in [5.41, 5.74) is 3.57. The fraction of sp³-hybridized carbons (Fsp3) is 0.318. The average molecular weight is 382 g/mol. The molecule has 1 atom stereocenters. The number of rotatable bonds is 7. The molecule has 0 spiro atoms. The number of hydrogen-bond acceptors (Lipinski definition) is 3. The van der Waals surface area contributed by atoms with E-state index in [9.17, 15) is 4.79 Å². The zero-order valence-corrected chi connectivity index (χ0v) is 17.9. The molecule has 5 heteroatoms. The van der Waals surface area contributed by atoms with Gasteiger partial charge in [-0.1, -0.05) is 67.9 Å². The first-order valence-corrected chi connectivity index (χ1v) is 9.58. The van der Waals surface area contributed by atoms with Crippen LogP contribution in [0.5, 0.6) is 0 Å². The zero-order chi connectivity index (χ0) is 20.1. The summed E-state index contributed by atoms with van der Waals surface area (Å²) < 4.78 is 10.9. The van der Waals surface area contributed by atoms with Crippen molar-refractivity contribution in [3.63, 3.8) is 0 Å². The molecule has 0 bridgehead atoms. The van der Waals surface area contributed by atoms with Gasteiger partial charge in [-0.05, 0) is 37.1 Å². The van der Waals surface area contributed by atoms with Gasteiger partial charge in [-0.25, -0.2) is 4.79 Å². The minimum atomic E-state index is -0.324. The number of carbonyl (C=O) groups excluding carboxylic acids is 1. The van der Waals surface area contributed by atoms with Crippen molar-refractivity contribution in [2.75, 3.05) is 7.11 Å². The lowest BCUT2D eigenvalue weighted by Gasteiger charge is -2.39. The monoisotopic (exact) mass is 382 g/mol. The highest BCUT2D eigenvalue weighted by Crippen LogP contribution is 2.33. The maximum atomic E-state index is 11.5. The Balaban J connectivity index is 2.05. The van der Waals surface area contributed by atoms with Crippen LogP contribution in [0.4, 0.5) is 0 Å². The van der Waals surface area contributed by atoms with Crippen molar-refractivity contribution < 1.29 is 14.2 Å². The molecular formula is C22H28BO3P.